The molecule has 4 N–H and O–H groups in total. The fourth-order valence-electron chi connectivity index (χ4n) is 2.44. The molecule has 1 aromatic rings. The van der Waals surface area contributed by atoms with E-state index in [1.807, 2.05) is 12.2 Å². The first-order chi connectivity index (χ1) is 11.4. The van der Waals surface area contributed by atoms with Crippen molar-refractivity contribution in [2.75, 3.05) is 10.6 Å². The quantitative estimate of drug-likeness (QED) is 0.502. The summed E-state index contributed by atoms with van der Waals surface area (Å²) in [6, 6.07) is 6.78. The Labute approximate surface area is 141 Å². The maximum Gasteiger partial charge on any atom is 0.293 e. The zero-order chi connectivity index (χ0) is 17.6. The van der Waals surface area contributed by atoms with Crippen molar-refractivity contribution < 1.29 is 14.4 Å². The second-order valence-corrected chi connectivity index (χ2v) is 6.22. The fourth-order valence-corrected chi connectivity index (χ4v) is 2.44. The topological polar surface area (TPSA) is 101 Å². The van der Waals surface area contributed by atoms with Crippen LogP contribution in [-0.2, 0) is 14.4 Å². The molecule has 6 nitrogen and oxygen atoms in total. The van der Waals surface area contributed by atoms with Crippen molar-refractivity contribution in [3.8, 4) is 0 Å². The van der Waals surface area contributed by atoms with Gasteiger partial charge in [0, 0.05) is 6.42 Å². The highest BCUT2D eigenvalue weighted by molar-refractivity contribution is 6.43. The predicted octanol–water partition coefficient (Wildman–Crippen LogP) is 2.37. The monoisotopic (exact) mass is 329 g/mol. The molecular weight excluding hydrogens is 306 g/mol. The van der Waals surface area contributed by atoms with Crippen LogP contribution in [0.25, 0.3) is 0 Å². The molecule has 1 aromatic carbocycles. The van der Waals surface area contributed by atoms with Crippen LogP contribution in [-0.4, -0.2) is 23.1 Å². The number of nitrogens with one attached hydrogen (secondary N) is 2. The van der Waals surface area contributed by atoms with E-state index in [1.165, 1.54) is 0 Å². The lowest BCUT2D eigenvalue weighted by Gasteiger charge is -2.21. The minimum atomic E-state index is -1.26. The highest BCUT2D eigenvalue weighted by Crippen LogP contribution is 2.22. The molecule has 0 fully saturated rings. The van der Waals surface area contributed by atoms with E-state index in [0.29, 0.717) is 17.8 Å². The number of carbonyl (C=O) groups is 3. The summed E-state index contributed by atoms with van der Waals surface area (Å²) in [7, 11) is 0. The van der Waals surface area contributed by atoms with Gasteiger partial charge in [0.15, 0.2) is 0 Å². The molecule has 0 bridgehead atoms. The molecule has 6 heteroatoms. The second kappa shape index (κ2) is 7.88. The first kappa shape index (κ1) is 17.9. The molecule has 0 saturated heterocycles. The van der Waals surface area contributed by atoms with E-state index in [1.54, 1.807) is 31.2 Å². The van der Waals surface area contributed by atoms with E-state index < -0.39 is 17.2 Å². The number of ketones is 1. The molecule has 0 spiro atoms. The number of para-hydroxylation sites is 2. The van der Waals surface area contributed by atoms with Crippen molar-refractivity contribution in [3.63, 3.8) is 0 Å². The van der Waals surface area contributed by atoms with Gasteiger partial charge in [-0.2, -0.15) is 0 Å². The van der Waals surface area contributed by atoms with Gasteiger partial charge in [-0.1, -0.05) is 24.3 Å². The number of benzene rings is 1. The number of allylic oxidation sites excluding steroid dienone is 1. The molecule has 1 aliphatic heterocycles. The lowest BCUT2D eigenvalue weighted by atomic mass is 9.92. The number of nitrogens with two attached hydrogens (primary N) is 1. The summed E-state index contributed by atoms with van der Waals surface area (Å²) in [5.74, 6) is -1.60. The molecular formula is C18H23N3O3. The third-order valence-electron chi connectivity index (χ3n) is 3.91. The van der Waals surface area contributed by atoms with Gasteiger partial charge in [0.05, 0.1) is 16.9 Å². The molecule has 1 heterocycles. The smallest absolute Gasteiger partial charge is 0.293 e. The van der Waals surface area contributed by atoms with Gasteiger partial charge in [0.1, 0.15) is 0 Å². The Hall–Kier alpha value is -2.47. The van der Waals surface area contributed by atoms with Crippen LogP contribution in [0.2, 0.25) is 0 Å². The standard InChI is InChI=1S/C18H23N3O3/c1-18(19)12-8-4-2-3-5-11-15(22)20-13-9-6-7-10-14(13)21-17(24)16(18)23/h4,6-10H,2-3,5,11-12,19H2,1H3,(H,20,22)(H,21,24). The molecule has 2 rings (SSSR count). The molecule has 1 aliphatic rings. The van der Waals surface area contributed by atoms with Crippen LogP contribution < -0.4 is 16.4 Å². The van der Waals surface area contributed by atoms with Crippen molar-refractivity contribution in [1.29, 1.82) is 0 Å². The van der Waals surface area contributed by atoms with Gasteiger partial charge in [-0.3, -0.25) is 14.4 Å². The van der Waals surface area contributed by atoms with E-state index in [2.05, 4.69) is 10.6 Å². The normalized spacial score (nSPS) is 23.5. The summed E-state index contributed by atoms with van der Waals surface area (Å²) in [6.45, 7) is 1.55. The lowest BCUT2D eigenvalue weighted by molar-refractivity contribution is -0.137. The largest absolute Gasteiger partial charge is 0.324 e. The Morgan fingerprint density at radius 1 is 1.00 bits per heavy atom. The minimum absolute atomic E-state index is 0.120. The Morgan fingerprint density at radius 2 is 1.67 bits per heavy atom. The molecule has 0 aliphatic carbocycles. The molecule has 0 saturated carbocycles. The number of rotatable bonds is 0. The maximum atomic E-state index is 12.3. The number of fused-ring (bicyclic) bond motifs is 1. The van der Waals surface area contributed by atoms with Crippen molar-refractivity contribution in [1.82, 2.24) is 0 Å². The summed E-state index contributed by atoms with van der Waals surface area (Å²) < 4.78 is 0. The third-order valence-corrected chi connectivity index (χ3v) is 3.91. The zero-order valence-electron chi connectivity index (χ0n) is 13.8. The molecule has 2 amide bonds. The van der Waals surface area contributed by atoms with Gasteiger partial charge in [-0.05, 0) is 44.7 Å². The average Bonchev–Trinajstić information content (AvgIpc) is 2.54. The van der Waals surface area contributed by atoms with Gasteiger partial charge in [-0.15, -0.1) is 0 Å². The molecule has 128 valence electrons. The van der Waals surface area contributed by atoms with Crippen LogP contribution >= 0.6 is 0 Å². The van der Waals surface area contributed by atoms with E-state index in [4.69, 9.17) is 5.73 Å². The highest BCUT2D eigenvalue weighted by atomic mass is 16.2. The van der Waals surface area contributed by atoms with Crippen molar-refractivity contribution in [2.45, 2.75) is 44.6 Å². The Balaban J connectivity index is 2.27. The summed E-state index contributed by atoms with van der Waals surface area (Å²) in [6.07, 6.45) is 6.89. The highest BCUT2D eigenvalue weighted by Gasteiger charge is 2.33. The van der Waals surface area contributed by atoms with Crippen molar-refractivity contribution in [3.05, 3.63) is 36.4 Å². The van der Waals surface area contributed by atoms with Gasteiger partial charge in [0.25, 0.3) is 5.91 Å². The van der Waals surface area contributed by atoms with E-state index in [-0.39, 0.29) is 12.3 Å². The molecule has 0 aromatic heterocycles. The van der Waals surface area contributed by atoms with Crippen LogP contribution in [0.4, 0.5) is 11.4 Å². The SMILES string of the molecule is CC1(N)CC=CCCCCC(=O)Nc2ccccc2NC(=O)C1=O. The van der Waals surface area contributed by atoms with Gasteiger partial charge < -0.3 is 16.4 Å². The van der Waals surface area contributed by atoms with E-state index in [9.17, 15) is 14.4 Å². The number of anilines is 2. The Kier molecular flexibility index (Phi) is 5.87. The molecule has 1 atom stereocenters. The molecule has 1 unspecified atom stereocenters. The summed E-state index contributed by atoms with van der Waals surface area (Å²) >= 11 is 0. The average molecular weight is 329 g/mol. The first-order valence-electron chi connectivity index (χ1n) is 8.09. The van der Waals surface area contributed by atoms with Crippen molar-refractivity contribution >= 4 is 29.0 Å². The molecule has 0 radical (unpaired) electrons. The van der Waals surface area contributed by atoms with Crippen LogP contribution in [0.15, 0.2) is 36.4 Å². The lowest BCUT2D eigenvalue weighted by Crippen LogP contribution is -2.50. The van der Waals surface area contributed by atoms with E-state index in [0.717, 1.165) is 19.3 Å². The summed E-state index contributed by atoms with van der Waals surface area (Å²) in [5.41, 5.74) is 5.59. The summed E-state index contributed by atoms with van der Waals surface area (Å²) in [4.78, 5) is 36.6. The van der Waals surface area contributed by atoms with Gasteiger partial charge in [0.2, 0.25) is 11.7 Å². The minimum Gasteiger partial charge on any atom is -0.324 e. The Bertz CT molecular complexity index is 665. The second-order valence-electron chi connectivity index (χ2n) is 6.22. The number of carbonyl (C=O) groups excluding carboxylic acids is 3. The van der Waals surface area contributed by atoms with Crippen LogP contribution in [0, 0.1) is 0 Å². The van der Waals surface area contributed by atoms with Crippen LogP contribution in [0.5, 0.6) is 0 Å². The first-order valence-corrected chi connectivity index (χ1v) is 8.09. The van der Waals surface area contributed by atoms with E-state index >= 15 is 0 Å². The Morgan fingerprint density at radius 3 is 2.38 bits per heavy atom. The maximum absolute atomic E-state index is 12.3. The van der Waals surface area contributed by atoms with Gasteiger partial charge in [-0.25, -0.2) is 0 Å². The fraction of sp³-hybridized carbons (Fsp3) is 0.389. The van der Waals surface area contributed by atoms with Crippen molar-refractivity contribution in [2.24, 2.45) is 5.73 Å². The summed E-state index contributed by atoms with van der Waals surface area (Å²) in [5, 5.41) is 5.32. The predicted molar refractivity (Wildman–Crippen MR) is 93.5 cm³/mol. The van der Waals surface area contributed by atoms with Crippen LogP contribution in [0.1, 0.15) is 39.0 Å². The number of hydrogen-bond donors (Lipinski definition) is 3. The molecule has 24 heavy (non-hydrogen) atoms. The number of amides is 2. The zero-order valence-corrected chi connectivity index (χ0v) is 13.8. The number of Topliss-reactive ketones (excluding diaryl/α,β-unsaturated/α-hetero) is 1. The number of hydrogen-bond acceptors (Lipinski definition) is 4. The van der Waals surface area contributed by atoms with Crippen LogP contribution in [0.3, 0.4) is 0 Å². The van der Waals surface area contributed by atoms with Gasteiger partial charge >= 0.3 is 0 Å². The third kappa shape index (κ3) is 4.76.